The van der Waals surface area contributed by atoms with Crippen molar-refractivity contribution in [2.24, 2.45) is 0 Å². The second-order valence-corrected chi connectivity index (χ2v) is 4.12. The molecule has 1 heterocycles. The molecule has 1 aromatic carbocycles. The maximum Gasteiger partial charge on any atom is 0.210 e. The standard InChI is InChI=1S/C13H17NO/c15-11-14-10-6-2-5-9-13(14)12-7-3-1-4-8-12/h1,3-4,7-8,11,13H,2,5-6,9-10H2/t13-/m1/s1. The lowest BCUT2D eigenvalue weighted by atomic mass is 10.0. The number of carbonyl (C=O) groups is 1. The summed E-state index contributed by atoms with van der Waals surface area (Å²) in [4.78, 5) is 13.0. The van der Waals surface area contributed by atoms with E-state index in [1.807, 2.05) is 23.1 Å². The Balaban J connectivity index is 2.20. The van der Waals surface area contributed by atoms with E-state index in [0.29, 0.717) is 6.04 Å². The van der Waals surface area contributed by atoms with Crippen molar-refractivity contribution < 1.29 is 4.79 Å². The highest BCUT2D eigenvalue weighted by Crippen LogP contribution is 2.28. The van der Waals surface area contributed by atoms with Gasteiger partial charge in [0, 0.05) is 6.54 Å². The van der Waals surface area contributed by atoms with Crippen molar-refractivity contribution in [2.45, 2.75) is 31.7 Å². The van der Waals surface area contributed by atoms with Crippen molar-refractivity contribution in [3.05, 3.63) is 35.9 Å². The van der Waals surface area contributed by atoms with Crippen LogP contribution in [0.25, 0.3) is 0 Å². The first-order valence-corrected chi connectivity index (χ1v) is 5.68. The third-order valence-corrected chi connectivity index (χ3v) is 3.11. The second-order valence-electron chi connectivity index (χ2n) is 4.12. The fourth-order valence-corrected chi connectivity index (χ4v) is 2.29. The van der Waals surface area contributed by atoms with E-state index in [-0.39, 0.29) is 0 Å². The molecule has 1 aromatic rings. The minimum atomic E-state index is 0.297. The zero-order valence-corrected chi connectivity index (χ0v) is 8.93. The van der Waals surface area contributed by atoms with Crippen molar-refractivity contribution >= 4 is 6.41 Å². The van der Waals surface area contributed by atoms with Crippen molar-refractivity contribution in [1.29, 1.82) is 0 Å². The molecule has 2 heteroatoms. The van der Waals surface area contributed by atoms with E-state index < -0.39 is 0 Å². The second kappa shape index (κ2) is 4.96. The Labute approximate surface area is 90.9 Å². The van der Waals surface area contributed by atoms with Crippen molar-refractivity contribution in [2.75, 3.05) is 6.54 Å². The molecule has 1 fully saturated rings. The van der Waals surface area contributed by atoms with E-state index in [2.05, 4.69) is 12.1 Å². The first kappa shape index (κ1) is 10.2. The van der Waals surface area contributed by atoms with Crippen molar-refractivity contribution in [3.8, 4) is 0 Å². The number of hydrogen-bond donors (Lipinski definition) is 0. The first-order chi connectivity index (χ1) is 7.42. The molecule has 1 atom stereocenters. The third-order valence-electron chi connectivity index (χ3n) is 3.11. The summed E-state index contributed by atoms with van der Waals surface area (Å²) >= 11 is 0. The van der Waals surface area contributed by atoms with Crippen LogP contribution in [0, 0.1) is 0 Å². The fraction of sp³-hybridized carbons (Fsp3) is 0.462. The van der Waals surface area contributed by atoms with Crippen LogP contribution in [0.15, 0.2) is 30.3 Å². The molecule has 2 rings (SSSR count). The fourth-order valence-electron chi connectivity index (χ4n) is 2.29. The van der Waals surface area contributed by atoms with E-state index in [1.54, 1.807) is 0 Å². The van der Waals surface area contributed by atoms with Gasteiger partial charge in [-0.2, -0.15) is 0 Å². The number of amides is 1. The zero-order valence-electron chi connectivity index (χ0n) is 8.93. The summed E-state index contributed by atoms with van der Waals surface area (Å²) < 4.78 is 0. The molecular weight excluding hydrogens is 186 g/mol. The van der Waals surface area contributed by atoms with Crippen LogP contribution in [-0.2, 0) is 4.79 Å². The van der Waals surface area contributed by atoms with E-state index in [1.165, 1.54) is 18.4 Å². The van der Waals surface area contributed by atoms with Crippen LogP contribution in [-0.4, -0.2) is 17.9 Å². The van der Waals surface area contributed by atoms with E-state index in [4.69, 9.17) is 0 Å². The molecular formula is C13H17NO. The largest absolute Gasteiger partial charge is 0.338 e. The van der Waals surface area contributed by atoms with Crippen LogP contribution in [0.3, 0.4) is 0 Å². The van der Waals surface area contributed by atoms with Crippen LogP contribution < -0.4 is 0 Å². The highest BCUT2D eigenvalue weighted by Gasteiger charge is 2.20. The van der Waals surface area contributed by atoms with Gasteiger partial charge in [0.2, 0.25) is 6.41 Å². The molecule has 0 unspecified atom stereocenters. The van der Waals surface area contributed by atoms with Gasteiger partial charge in [-0.25, -0.2) is 0 Å². The van der Waals surface area contributed by atoms with E-state index >= 15 is 0 Å². The third kappa shape index (κ3) is 2.38. The van der Waals surface area contributed by atoms with Gasteiger partial charge >= 0.3 is 0 Å². The molecule has 0 bridgehead atoms. The SMILES string of the molecule is O=CN1CCCCC[C@@H]1c1ccccc1. The highest BCUT2D eigenvalue weighted by molar-refractivity contribution is 5.49. The molecule has 1 aliphatic heterocycles. The molecule has 80 valence electrons. The lowest BCUT2D eigenvalue weighted by Gasteiger charge is -2.26. The molecule has 0 saturated carbocycles. The number of likely N-dealkylation sites (tertiary alicyclic amines) is 1. The van der Waals surface area contributed by atoms with Gasteiger partial charge < -0.3 is 4.90 Å². The molecule has 0 aromatic heterocycles. The minimum Gasteiger partial charge on any atom is -0.338 e. The van der Waals surface area contributed by atoms with Gasteiger partial charge in [-0.3, -0.25) is 4.79 Å². The summed E-state index contributed by atoms with van der Waals surface area (Å²) in [6, 6.07) is 10.6. The van der Waals surface area contributed by atoms with Crippen LogP contribution >= 0.6 is 0 Å². The van der Waals surface area contributed by atoms with Crippen LogP contribution in [0.5, 0.6) is 0 Å². The summed E-state index contributed by atoms with van der Waals surface area (Å²) in [5, 5.41) is 0. The lowest BCUT2D eigenvalue weighted by Crippen LogP contribution is -2.26. The van der Waals surface area contributed by atoms with Gasteiger partial charge in [-0.1, -0.05) is 43.2 Å². The molecule has 1 amide bonds. The Kier molecular flexibility index (Phi) is 3.38. The van der Waals surface area contributed by atoms with Gasteiger partial charge in [-0.05, 0) is 18.4 Å². The smallest absolute Gasteiger partial charge is 0.210 e. The average molecular weight is 203 g/mol. The number of benzene rings is 1. The zero-order chi connectivity index (χ0) is 10.5. The molecule has 0 spiro atoms. The summed E-state index contributed by atoms with van der Waals surface area (Å²) in [5.74, 6) is 0. The normalized spacial score (nSPS) is 22.1. The number of hydrogen-bond acceptors (Lipinski definition) is 1. The van der Waals surface area contributed by atoms with Gasteiger partial charge in [0.05, 0.1) is 6.04 Å². The predicted octanol–water partition coefficient (Wildman–Crippen LogP) is 2.76. The monoisotopic (exact) mass is 203 g/mol. The van der Waals surface area contributed by atoms with Crippen molar-refractivity contribution in [1.82, 2.24) is 4.90 Å². The summed E-state index contributed by atoms with van der Waals surface area (Å²) in [6.45, 7) is 0.906. The number of rotatable bonds is 2. The molecule has 2 nitrogen and oxygen atoms in total. The molecule has 1 aliphatic rings. The molecule has 15 heavy (non-hydrogen) atoms. The maximum atomic E-state index is 11.0. The predicted molar refractivity (Wildman–Crippen MR) is 60.4 cm³/mol. The Morgan fingerprint density at radius 3 is 2.67 bits per heavy atom. The number of nitrogens with zero attached hydrogens (tertiary/aromatic N) is 1. The first-order valence-electron chi connectivity index (χ1n) is 5.68. The van der Waals surface area contributed by atoms with Crippen molar-refractivity contribution in [3.63, 3.8) is 0 Å². The molecule has 0 N–H and O–H groups in total. The van der Waals surface area contributed by atoms with E-state index in [0.717, 1.165) is 25.8 Å². The highest BCUT2D eigenvalue weighted by atomic mass is 16.1. The van der Waals surface area contributed by atoms with Crippen LogP contribution in [0.4, 0.5) is 0 Å². The van der Waals surface area contributed by atoms with Gasteiger partial charge in [0.15, 0.2) is 0 Å². The van der Waals surface area contributed by atoms with Gasteiger partial charge in [-0.15, -0.1) is 0 Å². The Bertz CT molecular complexity index is 310. The van der Waals surface area contributed by atoms with Gasteiger partial charge in [0.1, 0.15) is 0 Å². The summed E-state index contributed by atoms with van der Waals surface area (Å²) in [6.07, 6.45) is 5.71. The Morgan fingerprint density at radius 1 is 1.13 bits per heavy atom. The molecule has 0 radical (unpaired) electrons. The minimum absolute atomic E-state index is 0.297. The quantitative estimate of drug-likeness (QED) is 0.677. The average Bonchev–Trinajstić information content (AvgIpc) is 2.55. The van der Waals surface area contributed by atoms with Gasteiger partial charge in [0.25, 0.3) is 0 Å². The summed E-state index contributed by atoms with van der Waals surface area (Å²) in [5.41, 5.74) is 1.27. The summed E-state index contributed by atoms with van der Waals surface area (Å²) in [7, 11) is 0. The topological polar surface area (TPSA) is 20.3 Å². The maximum absolute atomic E-state index is 11.0. The Hall–Kier alpha value is -1.31. The van der Waals surface area contributed by atoms with E-state index in [9.17, 15) is 4.79 Å². The molecule has 0 aliphatic carbocycles. The Morgan fingerprint density at radius 2 is 1.93 bits per heavy atom. The van der Waals surface area contributed by atoms with Crippen LogP contribution in [0.1, 0.15) is 37.3 Å². The lowest BCUT2D eigenvalue weighted by molar-refractivity contribution is -0.120. The molecule has 1 saturated heterocycles. The number of carbonyl (C=O) groups excluding carboxylic acids is 1. The van der Waals surface area contributed by atoms with Crippen LogP contribution in [0.2, 0.25) is 0 Å².